The molecule has 0 radical (unpaired) electrons. The average molecular weight is 248 g/mol. The Kier molecular flexibility index (Phi) is 2.75. The van der Waals surface area contributed by atoms with Crippen LogP contribution in [-0.4, -0.2) is 41.6 Å². The summed E-state index contributed by atoms with van der Waals surface area (Å²) in [6.45, 7) is 1.77. The predicted octanol–water partition coefficient (Wildman–Crippen LogP) is -0.234. The molecule has 1 aromatic rings. The summed E-state index contributed by atoms with van der Waals surface area (Å²) in [5.74, 6) is 1.54. The minimum Gasteiger partial charge on any atom is -0.355 e. The lowest BCUT2D eigenvalue weighted by Gasteiger charge is -2.31. The highest BCUT2D eigenvalue weighted by Crippen LogP contribution is 2.35. The summed E-state index contributed by atoms with van der Waals surface area (Å²) in [6.07, 6.45) is 3.84. The summed E-state index contributed by atoms with van der Waals surface area (Å²) in [6, 6.07) is 0.282. The fourth-order valence-electron chi connectivity index (χ4n) is 2.38. The molecule has 0 saturated carbocycles. The van der Waals surface area contributed by atoms with E-state index in [4.69, 9.17) is 5.73 Å². The minimum absolute atomic E-state index is 0.282. The second kappa shape index (κ2) is 4.41. The molecule has 1 atom stereocenters. The van der Waals surface area contributed by atoms with Crippen molar-refractivity contribution in [1.82, 2.24) is 9.97 Å². The van der Waals surface area contributed by atoms with Gasteiger partial charge in [0.1, 0.15) is 12.0 Å². The standard InChI is InChI=1S/C11H16N6O/c12-7-1-3-17(4-2-7)11-9-10(13-6-14-11)16-8(5-18)15-9/h5-8,15H,1-4,12H2,(H,13,14,16). The lowest BCUT2D eigenvalue weighted by Crippen LogP contribution is -2.40. The van der Waals surface area contributed by atoms with E-state index in [2.05, 4.69) is 25.5 Å². The fourth-order valence-corrected chi connectivity index (χ4v) is 2.38. The van der Waals surface area contributed by atoms with E-state index in [1.165, 1.54) is 6.33 Å². The molecule has 3 heterocycles. The van der Waals surface area contributed by atoms with Crippen LogP contribution in [0.4, 0.5) is 17.3 Å². The van der Waals surface area contributed by atoms with Gasteiger partial charge < -0.3 is 21.3 Å². The number of hydrogen-bond acceptors (Lipinski definition) is 7. The summed E-state index contributed by atoms with van der Waals surface area (Å²) in [5, 5.41) is 6.07. The molecule has 1 fully saturated rings. The van der Waals surface area contributed by atoms with E-state index in [9.17, 15) is 4.79 Å². The van der Waals surface area contributed by atoms with Gasteiger partial charge in [-0.05, 0) is 12.8 Å². The largest absolute Gasteiger partial charge is 0.355 e. The maximum atomic E-state index is 10.8. The fraction of sp³-hybridized carbons (Fsp3) is 0.545. The summed E-state index contributed by atoms with van der Waals surface area (Å²) >= 11 is 0. The van der Waals surface area contributed by atoms with Crippen molar-refractivity contribution in [2.45, 2.75) is 25.0 Å². The highest BCUT2D eigenvalue weighted by Gasteiger charge is 2.27. The number of aromatic nitrogens is 2. The number of carbonyl (C=O) groups is 1. The second-order valence-electron chi connectivity index (χ2n) is 4.65. The molecule has 2 aliphatic rings. The molecule has 0 aromatic carbocycles. The molecule has 1 aromatic heterocycles. The van der Waals surface area contributed by atoms with Gasteiger partial charge in [0.05, 0.1) is 0 Å². The van der Waals surface area contributed by atoms with Gasteiger partial charge in [0.15, 0.2) is 24.1 Å². The third kappa shape index (κ3) is 1.86. The van der Waals surface area contributed by atoms with Crippen LogP contribution in [0.3, 0.4) is 0 Å². The summed E-state index contributed by atoms with van der Waals surface area (Å²) in [4.78, 5) is 21.4. The minimum atomic E-state index is -0.414. The molecule has 1 unspecified atom stereocenters. The van der Waals surface area contributed by atoms with Crippen LogP contribution in [0.2, 0.25) is 0 Å². The number of nitrogens with zero attached hydrogens (tertiary/aromatic N) is 3. The number of carbonyl (C=O) groups excluding carboxylic acids is 1. The first-order valence-electron chi connectivity index (χ1n) is 6.12. The van der Waals surface area contributed by atoms with Crippen LogP contribution < -0.4 is 21.3 Å². The van der Waals surface area contributed by atoms with Crippen LogP contribution in [0.25, 0.3) is 0 Å². The predicted molar refractivity (Wildman–Crippen MR) is 68.6 cm³/mol. The Balaban J connectivity index is 1.86. The number of nitrogens with two attached hydrogens (primary N) is 1. The van der Waals surface area contributed by atoms with Gasteiger partial charge in [0, 0.05) is 19.1 Å². The Bertz CT molecular complexity index is 457. The Morgan fingerprint density at radius 3 is 2.83 bits per heavy atom. The number of aldehydes is 1. The van der Waals surface area contributed by atoms with Crippen molar-refractivity contribution in [3.63, 3.8) is 0 Å². The molecule has 18 heavy (non-hydrogen) atoms. The Hall–Kier alpha value is -1.89. The van der Waals surface area contributed by atoms with Crippen molar-refractivity contribution in [3.8, 4) is 0 Å². The molecule has 0 amide bonds. The third-order valence-corrected chi connectivity index (χ3v) is 3.39. The van der Waals surface area contributed by atoms with E-state index in [0.717, 1.165) is 43.7 Å². The molecular formula is C11H16N6O. The molecular weight excluding hydrogens is 232 g/mol. The van der Waals surface area contributed by atoms with Gasteiger partial charge >= 0.3 is 0 Å². The van der Waals surface area contributed by atoms with Crippen molar-refractivity contribution < 1.29 is 4.79 Å². The maximum absolute atomic E-state index is 10.8. The second-order valence-corrected chi connectivity index (χ2v) is 4.65. The smallest absolute Gasteiger partial charge is 0.162 e. The first-order chi connectivity index (χ1) is 8.78. The van der Waals surface area contributed by atoms with Crippen molar-refractivity contribution in [2.24, 2.45) is 5.73 Å². The molecule has 0 aliphatic carbocycles. The highest BCUT2D eigenvalue weighted by atomic mass is 16.1. The van der Waals surface area contributed by atoms with Crippen LogP contribution in [0.5, 0.6) is 0 Å². The molecule has 3 rings (SSSR count). The Labute approximate surface area is 105 Å². The van der Waals surface area contributed by atoms with Crippen LogP contribution in [0.15, 0.2) is 6.33 Å². The van der Waals surface area contributed by atoms with Crippen molar-refractivity contribution >= 4 is 23.6 Å². The van der Waals surface area contributed by atoms with E-state index >= 15 is 0 Å². The highest BCUT2D eigenvalue weighted by molar-refractivity contribution is 5.87. The first kappa shape index (κ1) is 11.2. The van der Waals surface area contributed by atoms with Crippen molar-refractivity contribution in [2.75, 3.05) is 28.6 Å². The van der Waals surface area contributed by atoms with E-state index in [1.807, 2.05) is 0 Å². The number of rotatable bonds is 2. The Morgan fingerprint density at radius 2 is 2.11 bits per heavy atom. The van der Waals surface area contributed by atoms with Crippen molar-refractivity contribution in [3.05, 3.63) is 6.33 Å². The summed E-state index contributed by atoms with van der Waals surface area (Å²) in [5.41, 5.74) is 6.71. The molecule has 0 bridgehead atoms. The van der Waals surface area contributed by atoms with Crippen LogP contribution in [0, 0.1) is 0 Å². The number of fused-ring (bicyclic) bond motifs is 1. The van der Waals surface area contributed by atoms with E-state index in [-0.39, 0.29) is 6.04 Å². The molecule has 4 N–H and O–H groups in total. The lowest BCUT2D eigenvalue weighted by molar-refractivity contribution is -0.107. The van der Waals surface area contributed by atoms with Gasteiger partial charge in [-0.3, -0.25) is 4.79 Å². The van der Waals surface area contributed by atoms with Crippen molar-refractivity contribution in [1.29, 1.82) is 0 Å². The third-order valence-electron chi connectivity index (χ3n) is 3.39. The molecule has 7 nitrogen and oxygen atoms in total. The zero-order valence-electron chi connectivity index (χ0n) is 9.97. The van der Waals surface area contributed by atoms with Crippen LogP contribution >= 0.6 is 0 Å². The molecule has 96 valence electrons. The van der Waals surface area contributed by atoms with Gasteiger partial charge in [0.25, 0.3) is 0 Å². The molecule has 0 spiro atoms. The lowest BCUT2D eigenvalue weighted by atomic mass is 10.1. The number of piperidine rings is 1. The van der Waals surface area contributed by atoms with Gasteiger partial charge in [-0.2, -0.15) is 0 Å². The van der Waals surface area contributed by atoms with Gasteiger partial charge in [0.2, 0.25) is 0 Å². The SMILES string of the molecule is NC1CCN(c2ncnc3c2NC(C=O)N3)CC1. The summed E-state index contributed by atoms with van der Waals surface area (Å²) < 4.78 is 0. The van der Waals surface area contributed by atoms with Gasteiger partial charge in [-0.15, -0.1) is 0 Å². The van der Waals surface area contributed by atoms with Crippen LogP contribution in [-0.2, 0) is 4.79 Å². The number of nitrogens with one attached hydrogen (secondary N) is 2. The molecule has 1 saturated heterocycles. The normalized spacial score (nSPS) is 23.2. The molecule has 7 heteroatoms. The topological polar surface area (TPSA) is 96.2 Å². The van der Waals surface area contributed by atoms with Gasteiger partial charge in [-0.25, -0.2) is 9.97 Å². The maximum Gasteiger partial charge on any atom is 0.162 e. The van der Waals surface area contributed by atoms with Crippen LogP contribution in [0.1, 0.15) is 12.8 Å². The number of hydrogen-bond donors (Lipinski definition) is 3. The van der Waals surface area contributed by atoms with Gasteiger partial charge in [-0.1, -0.05) is 0 Å². The van der Waals surface area contributed by atoms with E-state index < -0.39 is 6.17 Å². The summed E-state index contributed by atoms with van der Waals surface area (Å²) in [7, 11) is 0. The Morgan fingerprint density at radius 1 is 1.33 bits per heavy atom. The quantitative estimate of drug-likeness (QED) is 0.622. The molecule has 2 aliphatic heterocycles. The number of anilines is 3. The zero-order chi connectivity index (χ0) is 12.5. The zero-order valence-corrected chi connectivity index (χ0v) is 9.97. The monoisotopic (exact) mass is 248 g/mol. The average Bonchev–Trinajstić information content (AvgIpc) is 2.82. The first-order valence-corrected chi connectivity index (χ1v) is 6.12. The van der Waals surface area contributed by atoms with E-state index in [0.29, 0.717) is 5.82 Å². The van der Waals surface area contributed by atoms with E-state index in [1.54, 1.807) is 0 Å².